The average molecular weight is 554 g/mol. The first-order valence-electron chi connectivity index (χ1n) is 12.2. The fourth-order valence-corrected chi connectivity index (χ4v) is 6.46. The Morgan fingerprint density at radius 2 is 1.89 bits per heavy atom. The SMILES string of the molecule is CCOC(=O)c1c(NC(=O)NC(C(=O)Nc2ccc(Cl)cc2Cl)C2CCNCC2)sc2c1CCCC2. The predicted molar refractivity (Wildman–Crippen MR) is 144 cm³/mol. The number of anilines is 2. The number of benzene rings is 1. The summed E-state index contributed by atoms with van der Waals surface area (Å²) in [6.07, 6.45) is 5.16. The Balaban J connectivity index is 1.53. The van der Waals surface area contributed by atoms with Crippen molar-refractivity contribution < 1.29 is 19.1 Å². The lowest BCUT2D eigenvalue weighted by Crippen LogP contribution is -2.52. The van der Waals surface area contributed by atoms with Crippen molar-refractivity contribution in [1.82, 2.24) is 10.6 Å². The second-order valence-electron chi connectivity index (χ2n) is 8.91. The number of hydrogen-bond donors (Lipinski definition) is 4. The highest BCUT2D eigenvalue weighted by Gasteiger charge is 2.33. The van der Waals surface area contributed by atoms with E-state index in [9.17, 15) is 14.4 Å². The lowest BCUT2D eigenvalue weighted by Gasteiger charge is -2.30. The zero-order valence-electron chi connectivity index (χ0n) is 20.0. The number of nitrogens with one attached hydrogen (secondary N) is 4. The van der Waals surface area contributed by atoms with E-state index in [0.717, 1.165) is 62.1 Å². The smallest absolute Gasteiger partial charge is 0.341 e. The van der Waals surface area contributed by atoms with Crippen molar-refractivity contribution >= 4 is 63.1 Å². The molecule has 11 heteroatoms. The quantitative estimate of drug-likeness (QED) is 0.351. The number of fused-ring (bicyclic) bond motifs is 1. The molecule has 1 aromatic carbocycles. The van der Waals surface area contributed by atoms with E-state index in [-0.39, 0.29) is 18.4 Å². The van der Waals surface area contributed by atoms with Crippen LogP contribution in [0.5, 0.6) is 0 Å². The molecule has 1 aliphatic carbocycles. The van der Waals surface area contributed by atoms with Crippen LogP contribution in [0.3, 0.4) is 0 Å². The molecule has 194 valence electrons. The van der Waals surface area contributed by atoms with E-state index in [0.29, 0.717) is 26.3 Å². The van der Waals surface area contributed by atoms with Gasteiger partial charge in [-0.2, -0.15) is 0 Å². The van der Waals surface area contributed by atoms with Gasteiger partial charge in [-0.25, -0.2) is 9.59 Å². The van der Waals surface area contributed by atoms with E-state index in [4.69, 9.17) is 27.9 Å². The molecular formula is C25H30Cl2N4O4S. The zero-order valence-corrected chi connectivity index (χ0v) is 22.4. The Morgan fingerprint density at radius 1 is 1.14 bits per heavy atom. The average Bonchev–Trinajstić information content (AvgIpc) is 3.22. The predicted octanol–water partition coefficient (Wildman–Crippen LogP) is 5.24. The van der Waals surface area contributed by atoms with Crippen molar-refractivity contribution in [3.63, 3.8) is 0 Å². The van der Waals surface area contributed by atoms with E-state index < -0.39 is 18.0 Å². The number of carbonyl (C=O) groups excluding carboxylic acids is 3. The number of esters is 1. The number of hydrogen-bond acceptors (Lipinski definition) is 6. The number of aryl methyl sites for hydroxylation is 1. The molecule has 1 unspecified atom stereocenters. The molecule has 3 amide bonds. The first-order chi connectivity index (χ1) is 17.4. The van der Waals surface area contributed by atoms with E-state index in [1.54, 1.807) is 25.1 Å². The van der Waals surface area contributed by atoms with Crippen LogP contribution < -0.4 is 21.3 Å². The van der Waals surface area contributed by atoms with Gasteiger partial charge in [0.25, 0.3) is 0 Å². The van der Waals surface area contributed by atoms with Crippen molar-refractivity contribution in [2.45, 2.75) is 51.5 Å². The van der Waals surface area contributed by atoms with Gasteiger partial charge in [-0.15, -0.1) is 11.3 Å². The Morgan fingerprint density at radius 3 is 2.61 bits per heavy atom. The van der Waals surface area contributed by atoms with Gasteiger partial charge < -0.3 is 20.7 Å². The van der Waals surface area contributed by atoms with Crippen LogP contribution in [0.15, 0.2) is 18.2 Å². The molecular weight excluding hydrogens is 523 g/mol. The molecule has 36 heavy (non-hydrogen) atoms. The Bertz CT molecular complexity index is 1130. The fraction of sp³-hybridized carbons (Fsp3) is 0.480. The summed E-state index contributed by atoms with van der Waals surface area (Å²) in [4.78, 5) is 40.3. The number of urea groups is 1. The molecule has 4 N–H and O–H groups in total. The van der Waals surface area contributed by atoms with Crippen LogP contribution in [0.2, 0.25) is 10.0 Å². The molecule has 2 aromatic rings. The summed E-state index contributed by atoms with van der Waals surface area (Å²) in [5.41, 5.74) is 1.82. The summed E-state index contributed by atoms with van der Waals surface area (Å²) in [6.45, 7) is 3.51. The van der Waals surface area contributed by atoms with Crippen LogP contribution in [-0.4, -0.2) is 43.6 Å². The van der Waals surface area contributed by atoms with E-state index in [1.165, 1.54) is 11.3 Å². The highest BCUT2D eigenvalue weighted by molar-refractivity contribution is 7.17. The Kier molecular flexibility index (Phi) is 9.11. The molecule has 4 rings (SSSR count). The van der Waals surface area contributed by atoms with Gasteiger partial charge in [-0.3, -0.25) is 10.1 Å². The molecule has 1 atom stereocenters. The normalized spacial score (nSPS) is 16.5. The zero-order chi connectivity index (χ0) is 25.7. The van der Waals surface area contributed by atoms with Gasteiger partial charge in [0.1, 0.15) is 11.0 Å². The largest absolute Gasteiger partial charge is 0.462 e. The second-order valence-corrected chi connectivity index (χ2v) is 10.9. The summed E-state index contributed by atoms with van der Waals surface area (Å²) in [6, 6.07) is 3.48. The summed E-state index contributed by atoms with van der Waals surface area (Å²) < 4.78 is 5.28. The standard InChI is InChI=1S/C25H30Cl2N4O4S/c1-2-35-24(33)20-16-5-3-4-6-19(16)36-23(20)31-25(34)30-21(14-9-11-28-12-10-14)22(32)29-18-8-7-15(26)13-17(18)27/h7-8,13-14,21,28H,2-6,9-12H2,1H3,(H,29,32)(H2,30,31,34). The number of rotatable bonds is 7. The molecule has 0 radical (unpaired) electrons. The summed E-state index contributed by atoms with van der Waals surface area (Å²) in [7, 11) is 0. The maximum absolute atomic E-state index is 13.3. The van der Waals surface area contributed by atoms with Crippen LogP contribution in [0.1, 0.15) is 53.4 Å². The van der Waals surface area contributed by atoms with Crippen molar-refractivity contribution in [2.24, 2.45) is 5.92 Å². The number of amides is 3. The third-order valence-corrected chi connectivity index (χ3v) is 8.25. The molecule has 8 nitrogen and oxygen atoms in total. The minimum atomic E-state index is -0.792. The topological polar surface area (TPSA) is 109 Å². The van der Waals surface area contributed by atoms with Gasteiger partial charge in [0.2, 0.25) is 5.91 Å². The van der Waals surface area contributed by atoms with Gasteiger partial charge in [0.05, 0.1) is 22.9 Å². The summed E-state index contributed by atoms with van der Waals surface area (Å²) in [5, 5.41) is 13.0. The van der Waals surface area contributed by atoms with E-state index >= 15 is 0 Å². The minimum Gasteiger partial charge on any atom is -0.462 e. The van der Waals surface area contributed by atoms with Crippen molar-refractivity contribution in [3.8, 4) is 0 Å². The number of halogens is 2. The maximum atomic E-state index is 13.3. The molecule has 0 saturated carbocycles. The third kappa shape index (κ3) is 6.32. The van der Waals surface area contributed by atoms with Crippen molar-refractivity contribution in [2.75, 3.05) is 30.3 Å². The highest BCUT2D eigenvalue weighted by Crippen LogP contribution is 2.38. The van der Waals surface area contributed by atoms with Gasteiger partial charge in [0, 0.05) is 9.90 Å². The van der Waals surface area contributed by atoms with Gasteiger partial charge in [-0.05, 0) is 88.2 Å². The Hall–Kier alpha value is -2.33. The van der Waals surface area contributed by atoms with Gasteiger partial charge in [0.15, 0.2) is 0 Å². The number of carbonyl (C=O) groups is 3. The molecule has 1 saturated heterocycles. The number of thiophene rings is 1. The molecule has 0 bridgehead atoms. The first-order valence-corrected chi connectivity index (χ1v) is 13.8. The first kappa shape index (κ1) is 26.7. The second kappa shape index (κ2) is 12.3. The van der Waals surface area contributed by atoms with E-state index in [1.807, 2.05) is 0 Å². The molecule has 2 aliphatic rings. The molecule has 1 aliphatic heterocycles. The molecule has 1 aromatic heterocycles. The van der Waals surface area contributed by atoms with Gasteiger partial charge >= 0.3 is 12.0 Å². The van der Waals surface area contributed by atoms with Crippen LogP contribution >= 0.6 is 34.5 Å². The molecule has 0 spiro atoms. The minimum absolute atomic E-state index is 0.0656. The Labute approximate surface area is 224 Å². The number of ether oxygens (including phenoxy) is 1. The summed E-state index contributed by atoms with van der Waals surface area (Å²) >= 11 is 13.6. The van der Waals surface area contributed by atoms with Crippen molar-refractivity contribution in [1.29, 1.82) is 0 Å². The lowest BCUT2D eigenvalue weighted by molar-refractivity contribution is -0.119. The molecule has 1 fully saturated rings. The maximum Gasteiger partial charge on any atom is 0.341 e. The number of piperidine rings is 1. The van der Waals surface area contributed by atoms with Gasteiger partial charge in [-0.1, -0.05) is 23.2 Å². The van der Waals surface area contributed by atoms with Crippen LogP contribution in [0.25, 0.3) is 0 Å². The monoisotopic (exact) mass is 552 g/mol. The fourth-order valence-electron chi connectivity index (χ4n) is 4.73. The van der Waals surface area contributed by atoms with Crippen LogP contribution in [0.4, 0.5) is 15.5 Å². The van der Waals surface area contributed by atoms with Crippen molar-refractivity contribution in [3.05, 3.63) is 44.2 Å². The van der Waals surface area contributed by atoms with Crippen LogP contribution in [-0.2, 0) is 22.4 Å². The van der Waals surface area contributed by atoms with Crippen LogP contribution in [0, 0.1) is 5.92 Å². The summed E-state index contributed by atoms with van der Waals surface area (Å²) in [5.74, 6) is -0.862. The molecule has 2 heterocycles. The third-order valence-electron chi connectivity index (χ3n) is 6.49. The lowest BCUT2D eigenvalue weighted by atomic mass is 9.89. The van der Waals surface area contributed by atoms with E-state index in [2.05, 4.69) is 21.3 Å². The highest BCUT2D eigenvalue weighted by atomic mass is 35.5.